The number of hydrogen-bond acceptors (Lipinski definition) is 4. The second-order valence-electron chi connectivity index (χ2n) is 4.52. The maximum absolute atomic E-state index is 5.97. The molecule has 4 atom stereocenters. The third-order valence-corrected chi connectivity index (χ3v) is 2.84. The Morgan fingerprint density at radius 2 is 2.13 bits per heavy atom. The molecule has 0 aromatic heterocycles. The lowest BCUT2D eigenvalue weighted by molar-refractivity contribution is -0.166. The van der Waals surface area contributed by atoms with Gasteiger partial charge < -0.3 is 19.9 Å². The Bertz CT molecular complexity index is 284. The highest BCUT2D eigenvalue weighted by Gasteiger charge is 2.53. The zero-order valence-electron chi connectivity index (χ0n) is 9.10. The molecule has 2 aliphatic rings. The van der Waals surface area contributed by atoms with E-state index in [1.807, 2.05) is 13.8 Å². The number of rotatable bonds is 2. The molecule has 0 unspecified atom stereocenters. The van der Waals surface area contributed by atoms with E-state index >= 15 is 0 Å². The second kappa shape index (κ2) is 3.76. The molecule has 2 fully saturated rings. The summed E-state index contributed by atoms with van der Waals surface area (Å²) in [4.78, 5) is 0. The van der Waals surface area contributed by atoms with Crippen molar-refractivity contribution in [3.63, 3.8) is 0 Å². The Morgan fingerprint density at radius 1 is 1.47 bits per heavy atom. The summed E-state index contributed by atoms with van der Waals surface area (Å²) in [5.74, 6) is 1.89. The van der Waals surface area contributed by atoms with E-state index in [1.165, 1.54) is 0 Å². The van der Waals surface area contributed by atoms with Crippen LogP contribution in [0.25, 0.3) is 0 Å². The molecular weight excluding hydrogens is 194 g/mol. The molecule has 1 saturated heterocycles. The third kappa shape index (κ3) is 2.01. The SMILES string of the molecule is C#CCO[C@H]1C[C@@H](N)[C@@H]2OC(C)(C)O[C@@H]21. The molecule has 0 radical (unpaired) electrons. The van der Waals surface area contributed by atoms with Crippen molar-refractivity contribution >= 4 is 0 Å². The lowest BCUT2D eigenvalue weighted by Gasteiger charge is -2.22. The van der Waals surface area contributed by atoms with Gasteiger partial charge >= 0.3 is 0 Å². The first kappa shape index (κ1) is 10.9. The summed E-state index contributed by atoms with van der Waals surface area (Å²) >= 11 is 0. The molecule has 0 aromatic rings. The van der Waals surface area contributed by atoms with E-state index in [0.717, 1.165) is 6.42 Å². The molecule has 1 aliphatic heterocycles. The summed E-state index contributed by atoms with van der Waals surface area (Å²) in [7, 11) is 0. The molecule has 4 heteroatoms. The van der Waals surface area contributed by atoms with Crippen LogP contribution < -0.4 is 5.73 Å². The normalized spacial score (nSPS) is 42.5. The Balaban J connectivity index is 2.03. The van der Waals surface area contributed by atoms with Crippen LogP contribution in [-0.4, -0.2) is 36.7 Å². The number of nitrogens with two attached hydrogens (primary N) is 1. The number of fused-ring (bicyclic) bond motifs is 1. The van der Waals surface area contributed by atoms with Gasteiger partial charge in [-0.2, -0.15) is 0 Å². The molecule has 2 rings (SSSR count). The predicted octanol–water partition coefficient (Wildman–Crippen LogP) is 0.256. The van der Waals surface area contributed by atoms with Gasteiger partial charge in [0.05, 0.1) is 6.10 Å². The lowest BCUT2D eigenvalue weighted by Crippen LogP contribution is -2.35. The van der Waals surface area contributed by atoms with Crippen LogP contribution in [0.2, 0.25) is 0 Å². The number of ether oxygens (including phenoxy) is 3. The monoisotopic (exact) mass is 211 g/mol. The first-order valence-electron chi connectivity index (χ1n) is 5.20. The maximum atomic E-state index is 5.97. The van der Waals surface area contributed by atoms with Gasteiger partial charge in [0.2, 0.25) is 0 Å². The quantitative estimate of drug-likeness (QED) is 0.665. The highest BCUT2D eigenvalue weighted by Crippen LogP contribution is 2.38. The molecule has 15 heavy (non-hydrogen) atoms. The molecule has 1 saturated carbocycles. The minimum absolute atomic E-state index is 0.0282. The topological polar surface area (TPSA) is 53.7 Å². The molecule has 0 amide bonds. The Kier molecular flexibility index (Phi) is 2.73. The van der Waals surface area contributed by atoms with Crippen LogP contribution in [0.5, 0.6) is 0 Å². The average molecular weight is 211 g/mol. The molecule has 4 nitrogen and oxygen atoms in total. The van der Waals surface area contributed by atoms with Gasteiger partial charge in [-0.05, 0) is 20.3 Å². The van der Waals surface area contributed by atoms with Gasteiger partial charge in [-0.25, -0.2) is 0 Å². The van der Waals surface area contributed by atoms with Gasteiger partial charge in [0.1, 0.15) is 18.8 Å². The Labute approximate surface area is 90.1 Å². The minimum Gasteiger partial charge on any atom is -0.363 e. The largest absolute Gasteiger partial charge is 0.363 e. The average Bonchev–Trinajstić information content (AvgIpc) is 2.60. The van der Waals surface area contributed by atoms with Gasteiger partial charge in [0.15, 0.2) is 5.79 Å². The zero-order chi connectivity index (χ0) is 11.1. The molecule has 0 spiro atoms. The molecule has 1 heterocycles. The first-order valence-corrected chi connectivity index (χ1v) is 5.20. The molecule has 0 bridgehead atoms. The van der Waals surface area contributed by atoms with Gasteiger partial charge in [-0.1, -0.05) is 5.92 Å². The van der Waals surface area contributed by atoms with E-state index < -0.39 is 5.79 Å². The summed E-state index contributed by atoms with van der Waals surface area (Å²) in [6, 6.07) is -0.0282. The smallest absolute Gasteiger partial charge is 0.163 e. The zero-order valence-corrected chi connectivity index (χ0v) is 9.10. The van der Waals surface area contributed by atoms with Gasteiger partial charge in [0.25, 0.3) is 0 Å². The van der Waals surface area contributed by atoms with Crippen molar-refractivity contribution in [2.45, 2.75) is 50.4 Å². The van der Waals surface area contributed by atoms with E-state index in [-0.39, 0.29) is 24.4 Å². The summed E-state index contributed by atoms with van der Waals surface area (Å²) < 4.78 is 17.0. The fraction of sp³-hybridized carbons (Fsp3) is 0.818. The summed E-state index contributed by atoms with van der Waals surface area (Å²) in [5.41, 5.74) is 5.97. The number of terminal acetylenes is 1. The van der Waals surface area contributed by atoms with Crippen LogP contribution >= 0.6 is 0 Å². The summed E-state index contributed by atoms with van der Waals surface area (Å²) in [6.45, 7) is 4.07. The van der Waals surface area contributed by atoms with Crippen molar-refractivity contribution in [3.8, 4) is 12.3 Å². The minimum atomic E-state index is -0.564. The fourth-order valence-electron chi connectivity index (χ4n) is 2.29. The number of hydrogen-bond donors (Lipinski definition) is 1. The third-order valence-electron chi connectivity index (χ3n) is 2.84. The van der Waals surface area contributed by atoms with Crippen LogP contribution in [0.4, 0.5) is 0 Å². The predicted molar refractivity (Wildman–Crippen MR) is 55.0 cm³/mol. The lowest BCUT2D eigenvalue weighted by atomic mass is 10.2. The van der Waals surface area contributed by atoms with Crippen molar-refractivity contribution in [2.24, 2.45) is 5.73 Å². The standard InChI is InChI=1S/C11H17NO3/c1-4-5-13-8-6-7(12)9-10(8)15-11(2,3)14-9/h1,7-10H,5-6,12H2,2-3H3/t7-,8+,9+,10-/m1/s1. The van der Waals surface area contributed by atoms with E-state index in [4.69, 9.17) is 26.4 Å². The van der Waals surface area contributed by atoms with Gasteiger partial charge in [0, 0.05) is 6.04 Å². The van der Waals surface area contributed by atoms with E-state index in [9.17, 15) is 0 Å². The van der Waals surface area contributed by atoms with Crippen LogP contribution in [0.1, 0.15) is 20.3 Å². The van der Waals surface area contributed by atoms with Crippen molar-refractivity contribution < 1.29 is 14.2 Å². The van der Waals surface area contributed by atoms with Gasteiger partial charge in [-0.3, -0.25) is 0 Å². The Hall–Kier alpha value is -0.600. The van der Waals surface area contributed by atoms with E-state index in [2.05, 4.69) is 5.92 Å². The molecular formula is C11H17NO3. The first-order chi connectivity index (χ1) is 7.03. The highest BCUT2D eigenvalue weighted by atomic mass is 16.8. The highest BCUT2D eigenvalue weighted by molar-refractivity contribution is 5.02. The maximum Gasteiger partial charge on any atom is 0.163 e. The molecule has 84 valence electrons. The van der Waals surface area contributed by atoms with Crippen molar-refractivity contribution in [3.05, 3.63) is 0 Å². The van der Waals surface area contributed by atoms with Crippen molar-refractivity contribution in [1.82, 2.24) is 0 Å². The fourth-order valence-corrected chi connectivity index (χ4v) is 2.29. The van der Waals surface area contributed by atoms with Crippen LogP contribution in [-0.2, 0) is 14.2 Å². The summed E-state index contributed by atoms with van der Waals surface area (Å²) in [6.07, 6.45) is 5.71. The molecule has 2 N–H and O–H groups in total. The molecule has 1 aliphatic carbocycles. The van der Waals surface area contributed by atoms with Crippen LogP contribution in [0.15, 0.2) is 0 Å². The molecule has 0 aromatic carbocycles. The van der Waals surface area contributed by atoms with Crippen molar-refractivity contribution in [2.75, 3.05) is 6.61 Å². The van der Waals surface area contributed by atoms with E-state index in [1.54, 1.807) is 0 Å². The van der Waals surface area contributed by atoms with Crippen LogP contribution in [0, 0.1) is 12.3 Å². The Morgan fingerprint density at radius 3 is 2.80 bits per heavy atom. The second-order valence-corrected chi connectivity index (χ2v) is 4.52. The van der Waals surface area contributed by atoms with Crippen molar-refractivity contribution in [1.29, 1.82) is 0 Å². The van der Waals surface area contributed by atoms with Gasteiger partial charge in [-0.15, -0.1) is 6.42 Å². The van der Waals surface area contributed by atoms with E-state index in [0.29, 0.717) is 6.61 Å². The summed E-state index contributed by atoms with van der Waals surface area (Å²) in [5, 5.41) is 0. The van der Waals surface area contributed by atoms with Crippen LogP contribution in [0.3, 0.4) is 0 Å².